The maximum Gasteiger partial charge on any atom is 0.303 e. The van der Waals surface area contributed by atoms with Gasteiger partial charge in [-0.3, -0.25) is 4.79 Å². The molecule has 1 N–H and O–H groups in total. The number of rotatable bonds is 15. The Morgan fingerprint density at radius 2 is 1.64 bits per heavy atom. The lowest BCUT2D eigenvalue weighted by atomic mass is 10.1. The summed E-state index contributed by atoms with van der Waals surface area (Å²) in [6.45, 7) is 2.24. The molecule has 0 aromatic heterocycles. The van der Waals surface area contributed by atoms with Crippen LogP contribution in [0.3, 0.4) is 0 Å². The van der Waals surface area contributed by atoms with Gasteiger partial charge in [0.25, 0.3) is 0 Å². The second-order valence-corrected chi connectivity index (χ2v) is 8.29. The molecule has 0 amide bonds. The van der Waals surface area contributed by atoms with Crippen molar-refractivity contribution in [3.8, 4) is 0 Å². The molecular weight excluding hydrogens is 408 g/mol. The van der Waals surface area contributed by atoms with Gasteiger partial charge in [-0.15, -0.1) is 0 Å². The molecule has 0 bridgehead atoms. The Morgan fingerprint density at radius 1 is 0.955 bits per heavy atom. The number of carbonyl (C=O) groups is 1. The highest BCUT2D eigenvalue weighted by atomic mass is 79.9. The van der Waals surface area contributed by atoms with E-state index in [-0.39, 0.29) is 0 Å². The topological polar surface area (TPSA) is 37.3 Å². The lowest BCUT2D eigenvalue weighted by Crippen LogP contribution is -2.12. The number of carboxylic acid groups (broad SMARTS) is 1. The van der Waals surface area contributed by atoms with Crippen molar-refractivity contribution in [1.29, 1.82) is 0 Å². The van der Waals surface area contributed by atoms with Gasteiger partial charge in [0.1, 0.15) is 0 Å². The van der Waals surface area contributed by atoms with Crippen molar-refractivity contribution < 1.29 is 9.90 Å². The first-order valence-electron chi connectivity index (χ1n) is 8.72. The van der Waals surface area contributed by atoms with Crippen LogP contribution in [0.15, 0.2) is 12.2 Å². The highest BCUT2D eigenvalue weighted by molar-refractivity contribution is 9.12. The molecule has 0 fully saturated rings. The van der Waals surface area contributed by atoms with Gasteiger partial charge in [-0.2, -0.15) is 0 Å². The van der Waals surface area contributed by atoms with E-state index in [4.69, 9.17) is 5.11 Å². The van der Waals surface area contributed by atoms with E-state index in [1.165, 1.54) is 38.5 Å². The Bertz CT molecular complexity index is 293. The van der Waals surface area contributed by atoms with Crippen LogP contribution in [0.5, 0.6) is 0 Å². The first kappa shape index (κ1) is 22.2. The molecule has 0 heterocycles. The van der Waals surface area contributed by atoms with E-state index in [1.54, 1.807) is 0 Å². The first-order chi connectivity index (χ1) is 10.6. The largest absolute Gasteiger partial charge is 0.481 e. The Morgan fingerprint density at radius 3 is 2.32 bits per heavy atom. The van der Waals surface area contributed by atoms with Crippen molar-refractivity contribution in [2.24, 2.45) is 0 Å². The Kier molecular flexibility index (Phi) is 16.2. The minimum Gasteiger partial charge on any atom is -0.481 e. The van der Waals surface area contributed by atoms with Gasteiger partial charge in [-0.25, -0.2) is 0 Å². The van der Waals surface area contributed by atoms with E-state index < -0.39 is 5.97 Å². The molecule has 0 rings (SSSR count). The second kappa shape index (κ2) is 16.0. The van der Waals surface area contributed by atoms with E-state index in [2.05, 4.69) is 50.9 Å². The average Bonchev–Trinajstić information content (AvgIpc) is 2.48. The lowest BCUT2D eigenvalue weighted by molar-refractivity contribution is -0.137. The number of hydrogen-bond acceptors (Lipinski definition) is 1. The van der Waals surface area contributed by atoms with Gasteiger partial charge < -0.3 is 5.11 Å². The summed E-state index contributed by atoms with van der Waals surface area (Å²) in [4.78, 5) is 11.5. The third-order valence-electron chi connectivity index (χ3n) is 3.77. The summed E-state index contributed by atoms with van der Waals surface area (Å²) < 4.78 is 0. The number of allylic oxidation sites excluding steroid dienone is 2. The van der Waals surface area contributed by atoms with Gasteiger partial charge in [-0.05, 0) is 32.1 Å². The minimum absolute atomic E-state index is 0.318. The summed E-state index contributed by atoms with van der Waals surface area (Å²) in [7, 11) is 0. The van der Waals surface area contributed by atoms with Crippen LogP contribution in [0.1, 0.15) is 84.0 Å². The van der Waals surface area contributed by atoms with Crippen molar-refractivity contribution >= 4 is 37.8 Å². The smallest absolute Gasteiger partial charge is 0.303 e. The molecule has 22 heavy (non-hydrogen) atoms. The molecule has 2 atom stereocenters. The third kappa shape index (κ3) is 15.1. The molecule has 2 nitrogen and oxygen atoms in total. The zero-order valence-electron chi connectivity index (χ0n) is 13.9. The summed E-state index contributed by atoms with van der Waals surface area (Å²) in [5.41, 5.74) is 0. The van der Waals surface area contributed by atoms with Crippen molar-refractivity contribution in [3.05, 3.63) is 12.2 Å². The fourth-order valence-corrected chi connectivity index (χ4v) is 3.35. The second-order valence-electron chi connectivity index (χ2n) is 5.94. The molecular formula is C18H32Br2O2. The molecule has 0 aromatic rings. The summed E-state index contributed by atoms with van der Waals surface area (Å²) in [6, 6.07) is 0. The number of hydrogen-bond donors (Lipinski definition) is 1. The molecule has 0 aliphatic carbocycles. The van der Waals surface area contributed by atoms with E-state index in [1.807, 2.05) is 0 Å². The maximum absolute atomic E-state index is 10.4. The lowest BCUT2D eigenvalue weighted by Gasteiger charge is -2.14. The van der Waals surface area contributed by atoms with E-state index >= 15 is 0 Å². The van der Waals surface area contributed by atoms with Crippen LogP contribution >= 0.6 is 31.9 Å². The van der Waals surface area contributed by atoms with Crippen LogP contribution in [0.2, 0.25) is 0 Å². The summed E-state index contributed by atoms with van der Waals surface area (Å²) in [6.07, 6.45) is 17.7. The standard InChI is InChI=1S/C18H32Br2O2/c1-2-3-10-13-16(19)17(20)14-11-8-6-4-5-7-9-12-15-18(21)22/h8,11,16-17H,2-7,9-10,12-15H2,1H3,(H,21,22). The van der Waals surface area contributed by atoms with Gasteiger partial charge in [-0.1, -0.05) is 89.5 Å². The highest BCUT2D eigenvalue weighted by Gasteiger charge is 2.13. The van der Waals surface area contributed by atoms with Gasteiger partial charge >= 0.3 is 5.97 Å². The zero-order chi connectivity index (χ0) is 16.6. The molecule has 4 heteroatoms. The maximum atomic E-state index is 10.4. The number of halogens is 2. The molecule has 0 aromatic carbocycles. The zero-order valence-corrected chi connectivity index (χ0v) is 17.1. The molecule has 0 spiro atoms. The molecule has 0 aliphatic rings. The monoisotopic (exact) mass is 438 g/mol. The summed E-state index contributed by atoms with van der Waals surface area (Å²) in [5.74, 6) is -0.674. The van der Waals surface area contributed by atoms with E-state index in [9.17, 15) is 4.79 Å². The number of carboxylic acids is 1. The molecule has 0 aliphatic heterocycles. The van der Waals surface area contributed by atoms with Gasteiger partial charge in [0.2, 0.25) is 0 Å². The van der Waals surface area contributed by atoms with Crippen LogP contribution in [0.4, 0.5) is 0 Å². The predicted molar refractivity (Wildman–Crippen MR) is 103 cm³/mol. The Hall–Kier alpha value is 0.170. The van der Waals surface area contributed by atoms with Crippen LogP contribution < -0.4 is 0 Å². The Balaban J connectivity index is 3.43. The molecule has 2 unspecified atom stereocenters. The average molecular weight is 440 g/mol. The van der Waals surface area contributed by atoms with Crippen molar-refractivity contribution in [2.75, 3.05) is 0 Å². The van der Waals surface area contributed by atoms with Gasteiger partial charge in [0.05, 0.1) is 0 Å². The third-order valence-corrected chi connectivity index (χ3v) is 6.58. The van der Waals surface area contributed by atoms with Gasteiger partial charge in [0, 0.05) is 16.1 Å². The Labute approximate surface area is 153 Å². The minimum atomic E-state index is -0.674. The van der Waals surface area contributed by atoms with E-state index in [0.717, 1.165) is 32.1 Å². The van der Waals surface area contributed by atoms with Crippen LogP contribution in [0.25, 0.3) is 0 Å². The predicted octanol–water partition coefficient (Wildman–Crippen LogP) is 6.86. The molecule has 0 saturated heterocycles. The molecule has 0 saturated carbocycles. The highest BCUT2D eigenvalue weighted by Crippen LogP contribution is 2.23. The molecule has 0 radical (unpaired) electrons. The van der Waals surface area contributed by atoms with Crippen LogP contribution in [0, 0.1) is 0 Å². The number of aliphatic carboxylic acids is 1. The SMILES string of the molecule is CCCCCC(Br)C(Br)CC=CCCCCCCCC(=O)O. The first-order valence-corrected chi connectivity index (χ1v) is 10.6. The summed E-state index contributed by atoms with van der Waals surface area (Å²) >= 11 is 7.55. The van der Waals surface area contributed by atoms with Crippen molar-refractivity contribution in [1.82, 2.24) is 0 Å². The quantitative estimate of drug-likeness (QED) is 0.172. The van der Waals surface area contributed by atoms with E-state index in [0.29, 0.717) is 16.1 Å². The van der Waals surface area contributed by atoms with Gasteiger partial charge in [0.15, 0.2) is 0 Å². The normalized spacial score (nSPS) is 14.3. The number of alkyl halides is 2. The number of unbranched alkanes of at least 4 members (excludes halogenated alkanes) is 7. The van der Waals surface area contributed by atoms with Crippen LogP contribution in [-0.4, -0.2) is 20.7 Å². The fourth-order valence-electron chi connectivity index (χ4n) is 2.33. The fraction of sp³-hybridized carbons (Fsp3) is 0.833. The van der Waals surface area contributed by atoms with Crippen molar-refractivity contribution in [3.63, 3.8) is 0 Å². The molecule has 130 valence electrons. The summed E-state index contributed by atoms with van der Waals surface area (Å²) in [5, 5.41) is 8.54. The van der Waals surface area contributed by atoms with Crippen LogP contribution in [-0.2, 0) is 4.79 Å². The van der Waals surface area contributed by atoms with Crippen molar-refractivity contribution in [2.45, 2.75) is 93.6 Å².